The molecule has 148 valence electrons. The molecular formula is C17H20ClNO8. The van der Waals surface area contributed by atoms with E-state index in [1.807, 2.05) is 6.92 Å². The summed E-state index contributed by atoms with van der Waals surface area (Å²) in [6.07, 6.45) is -8.79. The summed E-state index contributed by atoms with van der Waals surface area (Å²) >= 11 is 6.03. The van der Waals surface area contributed by atoms with E-state index in [4.69, 9.17) is 26.3 Å². The van der Waals surface area contributed by atoms with Gasteiger partial charge in [-0.1, -0.05) is 24.6 Å². The number of carbonyl (C=O) groups is 2. The predicted molar refractivity (Wildman–Crippen MR) is 90.7 cm³/mol. The fourth-order valence-corrected chi connectivity index (χ4v) is 3.43. The van der Waals surface area contributed by atoms with Gasteiger partial charge in [0.05, 0.1) is 13.0 Å². The second-order valence-corrected chi connectivity index (χ2v) is 7.15. The summed E-state index contributed by atoms with van der Waals surface area (Å²) < 4.78 is 5.07. The Morgan fingerprint density at radius 2 is 1.96 bits per heavy atom. The zero-order chi connectivity index (χ0) is 19.9. The third kappa shape index (κ3) is 3.93. The molecule has 0 radical (unpaired) electrons. The number of aliphatic carboxylic acids is 1. The summed E-state index contributed by atoms with van der Waals surface area (Å²) in [6, 6.07) is 5.20. The second-order valence-electron chi connectivity index (χ2n) is 6.72. The lowest BCUT2D eigenvalue weighted by Gasteiger charge is -2.39. The minimum atomic E-state index is -1.83. The molecule has 0 unspecified atom stereocenters. The van der Waals surface area contributed by atoms with Crippen LogP contribution in [-0.2, 0) is 25.6 Å². The van der Waals surface area contributed by atoms with Gasteiger partial charge in [-0.25, -0.2) is 14.7 Å². The summed E-state index contributed by atoms with van der Waals surface area (Å²) in [7, 11) is 0. The number of hydrogen-bond donors (Lipinski definition) is 4. The number of hydroxylamine groups is 2. The maximum Gasteiger partial charge on any atom is 0.335 e. The first-order chi connectivity index (χ1) is 12.7. The number of ether oxygens (including phenoxy) is 1. The number of benzene rings is 1. The molecule has 3 rings (SSSR count). The molecule has 2 heterocycles. The van der Waals surface area contributed by atoms with E-state index >= 15 is 0 Å². The molecule has 0 saturated carbocycles. The highest BCUT2D eigenvalue weighted by molar-refractivity contribution is 6.30. The van der Waals surface area contributed by atoms with Crippen molar-refractivity contribution in [1.82, 2.24) is 5.06 Å². The number of amides is 1. The van der Waals surface area contributed by atoms with Crippen molar-refractivity contribution >= 4 is 23.5 Å². The van der Waals surface area contributed by atoms with Crippen molar-refractivity contribution in [2.24, 2.45) is 0 Å². The zero-order valence-electron chi connectivity index (χ0n) is 14.4. The number of aliphatic hydroxyl groups is 3. The van der Waals surface area contributed by atoms with Gasteiger partial charge in [-0.05, 0) is 23.3 Å². The molecular weight excluding hydrogens is 382 g/mol. The number of carboxylic acids is 1. The van der Waals surface area contributed by atoms with Gasteiger partial charge in [-0.2, -0.15) is 0 Å². The Morgan fingerprint density at radius 3 is 2.63 bits per heavy atom. The van der Waals surface area contributed by atoms with Crippen molar-refractivity contribution in [2.45, 2.75) is 50.0 Å². The molecule has 0 bridgehead atoms. The Kier molecular flexibility index (Phi) is 5.71. The predicted octanol–water partition coefficient (Wildman–Crippen LogP) is -0.348. The molecule has 9 nitrogen and oxygen atoms in total. The second kappa shape index (κ2) is 7.70. The van der Waals surface area contributed by atoms with Crippen molar-refractivity contribution in [1.29, 1.82) is 0 Å². The van der Waals surface area contributed by atoms with E-state index in [1.54, 1.807) is 18.2 Å². The van der Waals surface area contributed by atoms with Crippen LogP contribution in [0.25, 0.3) is 0 Å². The zero-order valence-corrected chi connectivity index (χ0v) is 15.1. The molecule has 1 fully saturated rings. The van der Waals surface area contributed by atoms with Gasteiger partial charge in [0.1, 0.15) is 18.3 Å². The standard InChI is InChI=1S/C17H20ClNO8/c1-7-6-19(11(20)4-8-2-3-9(18)5-10(7)8)27-17-14(23)12(21)13(22)15(26-17)16(24)25/h2-3,5,7,12-15,17,21-23H,4,6H2,1H3,(H,24,25)/t7-,12-,13-,14+,15-,17-/m0/s1. The highest BCUT2D eigenvalue weighted by Gasteiger charge is 2.48. The maximum atomic E-state index is 12.6. The summed E-state index contributed by atoms with van der Waals surface area (Å²) in [5, 5.41) is 40.3. The van der Waals surface area contributed by atoms with Crippen LogP contribution < -0.4 is 0 Å². The normalized spacial score (nSPS) is 34.1. The van der Waals surface area contributed by atoms with Crippen LogP contribution >= 0.6 is 11.6 Å². The quantitative estimate of drug-likeness (QED) is 0.539. The summed E-state index contributed by atoms with van der Waals surface area (Å²) in [5.74, 6) is -2.11. The molecule has 1 amide bonds. The molecule has 10 heteroatoms. The first-order valence-electron chi connectivity index (χ1n) is 8.37. The number of fused-ring (bicyclic) bond motifs is 1. The molecule has 0 spiro atoms. The van der Waals surface area contributed by atoms with E-state index in [9.17, 15) is 24.9 Å². The van der Waals surface area contributed by atoms with E-state index in [2.05, 4.69) is 0 Å². The van der Waals surface area contributed by atoms with Gasteiger partial charge in [0.15, 0.2) is 6.10 Å². The van der Waals surface area contributed by atoms with Crippen LogP contribution in [0.5, 0.6) is 0 Å². The summed E-state index contributed by atoms with van der Waals surface area (Å²) in [4.78, 5) is 29.1. The fraction of sp³-hybridized carbons (Fsp3) is 0.529. The molecule has 2 aliphatic rings. The highest BCUT2D eigenvalue weighted by Crippen LogP contribution is 2.30. The topological polar surface area (TPSA) is 137 Å². The lowest BCUT2D eigenvalue weighted by atomic mass is 9.95. The number of carbonyl (C=O) groups excluding carboxylic acids is 1. The molecule has 0 aliphatic carbocycles. The Bertz CT molecular complexity index is 744. The van der Waals surface area contributed by atoms with Gasteiger partial charge in [0, 0.05) is 10.9 Å². The SMILES string of the molecule is C[C@H]1CN(O[C@@H]2O[C@H](C(=O)O)[C@@H](O)[C@H](O)[C@H]2O)C(=O)Cc2ccc(Cl)cc21. The highest BCUT2D eigenvalue weighted by atomic mass is 35.5. The third-order valence-electron chi connectivity index (χ3n) is 4.74. The number of rotatable bonds is 3. The van der Waals surface area contributed by atoms with E-state index < -0.39 is 42.6 Å². The smallest absolute Gasteiger partial charge is 0.335 e. The molecule has 2 aliphatic heterocycles. The van der Waals surface area contributed by atoms with Crippen LogP contribution in [0, 0.1) is 0 Å². The molecule has 1 aromatic carbocycles. The van der Waals surface area contributed by atoms with E-state index in [1.165, 1.54) is 0 Å². The van der Waals surface area contributed by atoms with E-state index in [0.717, 1.165) is 16.2 Å². The molecule has 27 heavy (non-hydrogen) atoms. The number of hydrogen-bond acceptors (Lipinski definition) is 7. The van der Waals surface area contributed by atoms with Crippen LogP contribution in [-0.4, -0.2) is 74.6 Å². The monoisotopic (exact) mass is 401 g/mol. The van der Waals surface area contributed by atoms with Gasteiger partial charge in [-0.3, -0.25) is 4.79 Å². The van der Waals surface area contributed by atoms with Crippen molar-refractivity contribution in [3.05, 3.63) is 34.3 Å². The number of aliphatic hydroxyl groups excluding tert-OH is 3. The Hall–Kier alpha value is -1.75. The Labute approximate surface area is 159 Å². The van der Waals surface area contributed by atoms with Crippen molar-refractivity contribution in [2.75, 3.05) is 6.54 Å². The van der Waals surface area contributed by atoms with E-state index in [0.29, 0.717) is 5.02 Å². The van der Waals surface area contributed by atoms with Gasteiger partial charge in [-0.15, -0.1) is 0 Å². The van der Waals surface area contributed by atoms with Crippen LogP contribution in [0.3, 0.4) is 0 Å². The average Bonchev–Trinajstić information content (AvgIpc) is 2.72. The lowest BCUT2D eigenvalue weighted by molar-refractivity contribution is -0.347. The van der Waals surface area contributed by atoms with Crippen LogP contribution in [0.2, 0.25) is 5.02 Å². The van der Waals surface area contributed by atoms with Gasteiger partial charge in [0.2, 0.25) is 6.29 Å². The van der Waals surface area contributed by atoms with Gasteiger partial charge < -0.3 is 25.2 Å². The minimum Gasteiger partial charge on any atom is -0.479 e. The van der Waals surface area contributed by atoms with Crippen LogP contribution in [0.4, 0.5) is 0 Å². The van der Waals surface area contributed by atoms with Crippen molar-refractivity contribution in [3.63, 3.8) is 0 Å². The van der Waals surface area contributed by atoms with E-state index in [-0.39, 0.29) is 18.9 Å². The molecule has 4 N–H and O–H groups in total. The number of nitrogens with zero attached hydrogens (tertiary/aromatic N) is 1. The number of halogens is 1. The first kappa shape index (κ1) is 20.0. The number of carboxylic acid groups (broad SMARTS) is 1. The molecule has 0 aromatic heterocycles. The Morgan fingerprint density at radius 1 is 1.26 bits per heavy atom. The summed E-state index contributed by atoms with van der Waals surface area (Å²) in [6.45, 7) is 1.97. The Balaban J connectivity index is 1.79. The summed E-state index contributed by atoms with van der Waals surface area (Å²) in [5.41, 5.74) is 1.66. The third-order valence-corrected chi connectivity index (χ3v) is 4.98. The van der Waals surface area contributed by atoms with Crippen LogP contribution in [0.15, 0.2) is 18.2 Å². The maximum absolute atomic E-state index is 12.6. The van der Waals surface area contributed by atoms with Crippen LogP contribution in [0.1, 0.15) is 24.0 Å². The van der Waals surface area contributed by atoms with Crippen molar-refractivity contribution in [3.8, 4) is 0 Å². The first-order valence-corrected chi connectivity index (χ1v) is 8.74. The molecule has 1 saturated heterocycles. The average molecular weight is 402 g/mol. The largest absolute Gasteiger partial charge is 0.479 e. The van der Waals surface area contributed by atoms with Gasteiger partial charge in [0.25, 0.3) is 5.91 Å². The lowest BCUT2D eigenvalue weighted by Crippen LogP contribution is -2.61. The molecule has 1 aromatic rings. The molecule has 6 atom stereocenters. The van der Waals surface area contributed by atoms with Crippen molar-refractivity contribution < 1.29 is 39.6 Å². The minimum absolute atomic E-state index is 0.0210. The fourth-order valence-electron chi connectivity index (χ4n) is 3.25. The van der Waals surface area contributed by atoms with Gasteiger partial charge >= 0.3 is 5.97 Å².